The van der Waals surface area contributed by atoms with Gasteiger partial charge in [-0.25, -0.2) is 4.39 Å². The lowest BCUT2D eigenvalue weighted by molar-refractivity contribution is 0.322. The molecule has 0 saturated carbocycles. The lowest BCUT2D eigenvalue weighted by Gasteiger charge is -2.09. The van der Waals surface area contributed by atoms with Crippen molar-refractivity contribution in [3.63, 3.8) is 0 Å². The largest absolute Gasteiger partial charge is 0.505 e. The van der Waals surface area contributed by atoms with Gasteiger partial charge in [0.1, 0.15) is 0 Å². The molecule has 0 heterocycles. The summed E-state index contributed by atoms with van der Waals surface area (Å²) in [7, 11) is 0. The minimum absolute atomic E-state index is 0.368. The molecule has 0 saturated heterocycles. The molecule has 3 aromatic carbocycles. The van der Waals surface area contributed by atoms with Crippen molar-refractivity contribution in [2.45, 2.75) is 0 Å². The van der Waals surface area contributed by atoms with Gasteiger partial charge in [0.05, 0.1) is 6.21 Å². The Hall–Kier alpha value is -2.88. The molecule has 0 fully saturated rings. The van der Waals surface area contributed by atoms with Crippen LogP contribution in [0.1, 0.15) is 5.56 Å². The summed E-state index contributed by atoms with van der Waals surface area (Å²) in [6.45, 7) is 0. The van der Waals surface area contributed by atoms with Crippen LogP contribution in [0.2, 0.25) is 0 Å². The third-order valence-electron chi connectivity index (χ3n) is 3.41. The number of hydrogen-bond acceptors (Lipinski definition) is 3. The number of rotatable bonds is 2. The lowest BCUT2D eigenvalue weighted by atomic mass is 9.95. The molecule has 3 rings (SSSR count). The van der Waals surface area contributed by atoms with Gasteiger partial charge in [0, 0.05) is 5.56 Å². The van der Waals surface area contributed by atoms with Gasteiger partial charge in [-0.15, -0.1) is 0 Å². The fourth-order valence-corrected chi connectivity index (χ4v) is 2.42. The number of benzene rings is 3. The van der Waals surface area contributed by atoms with Gasteiger partial charge >= 0.3 is 0 Å². The maximum Gasteiger partial charge on any atom is 0.165 e. The number of halogens is 1. The summed E-state index contributed by atoms with van der Waals surface area (Å²) in [5, 5.41) is 22.9. The normalized spacial score (nSPS) is 11.3. The molecule has 0 radical (unpaired) electrons. The van der Waals surface area contributed by atoms with Gasteiger partial charge in [0.25, 0.3) is 0 Å². The second kappa shape index (κ2) is 5.25. The third-order valence-corrected chi connectivity index (χ3v) is 3.41. The first-order valence-corrected chi connectivity index (χ1v) is 6.39. The molecule has 4 heteroatoms. The number of fused-ring (bicyclic) bond motifs is 1. The minimum Gasteiger partial charge on any atom is -0.505 e. The molecule has 0 aliphatic heterocycles. The zero-order valence-electron chi connectivity index (χ0n) is 11.0. The molecule has 0 atom stereocenters. The number of aromatic hydroxyl groups is 1. The molecule has 0 amide bonds. The van der Waals surface area contributed by atoms with Crippen molar-refractivity contribution in [3.8, 4) is 16.9 Å². The number of phenols is 1. The van der Waals surface area contributed by atoms with E-state index < -0.39 is 5.82 Å². The van der Waals surface area contributed by atoms with E-state index in [2.05, 4.69) is 5.16 Å². The van der Waals surface area contributed by atoms with Crippen molar-refractivity contribution in [2.75, 3.05) is 0 Å². The van der Waals surface area contributed by atoms with Gasteiger partial charge in [-0.3, -0.25) is 0 Å². The van der Waals surface area contributed by atoms with Gasteiger partial charge in [-0.2, -0.15) is 0 Å². The smallest absolute Gasteiger partial charge is 0.165 e. The standard InChI is InChI=1S/C17H12FNO2/c18-16-9-11(6-8-17(16)20)14-7-5-12(10-19-21)13-3-1-2-4-15(13)14/h1-10,20-21H/b19-10-. The average molecular weight is 281 g/mol. The Morgan fingerprint density at radius 1 is 0.952 bits per heavy atom. The fourth-order valence-electron chi connectivity index (χ4n) is 2.42. The van der Waals surface area contributed by atoms with Gasteiger partial charge in [-0.1, -0.05) is 47.6 Å². The lowest BCUT2D eigenvalue weighted by Crippen LogP contribution is -1.89. The van der Waals surface area contributed by atoms with E-state index in [1.54, 1.807) is 6.07 Å². The Labute approximate surface area is 120 Å². The van der Waals surface area contributed by atoms with Crippen molar-refractivity contribution >= 4 is 17.0 Å². The van der Waals surface area contributed by atoms with Crippen molar-refractivity contribution in [1.82, 2.24) is 0 Å². The minimum atomic E-state index is -0.655. The predicted octanol–water partition coefficient (Wildman–Crippen LogP) is 4.16. The Bertz CT molecular complexity index is 843. The summed E-state index contributed by atoms with van der Waals surface area (Å²) in [4.78, 5) is 0. The van der Waals surface area contributed by atoms with Gasteiger partial charge < -0.3 is 10.3 Å². The summed E-state index contributed by atoms with van der Waals surface area (Å²) < 4.78 is 13.6. The van der Waals surface area contributed by atoms with Gasteiger partial charge in [-0.05, 0) is 34.0 Å². The molecule has 104 valence electrons. The molecule has 21 heavy (non-hydrogen) atoms. The highest BCUT2D eigenvalue weighted by molar-refractivity contribution is 6.06. The molecular formula is C17H12FNO2. The van der Waals surface area contributed by atoms with Gasteiger partial charge in [0.15, 0.2) is 11.6 Å². The molecule has 0 unspecified atom stereocenters. The summed E-state index contributed by atoms with van der Waals surface area (Å²) in [6.07, 6.45) is 1.36. The second-order valence-corrected chi connectivity index (χ2v) is 4.66. The highest BCUT2D eigenvalue weighted by atomic mass is 19.1. The number of nitrogens with zero attached hydrogens (tertiary/aromatic N) is 1. The molecular weight excluding hydrogens is 269 g/mol. The van der Waals surface area contributed by atoms with Crippen LogP contribution in [-0.2, 0) is 0 Å². The van der Waals surface area contributed by atoms with E-state index in [4.69, 9.17) is 5.21 Å². The molecule has 2 N–H and O–H groups in total. The molecule has 0 aliphatic carbocycles. The van der Waals surface area contributed by atoms with Gasteiger partial charge in [0.2, 0.25) is 0 Å². The first kappa shape index (κ1) is 13.1. The molecule has 3 aromatic rings. The van der Waals surface area contributed by atoms with Crippen LogP contribution < -0.4 is 0 Å². The fraction of sp³-hybridized carbons (Fsp3) is 0. The summed E-state index contributed by atoms with van der Waals surface area (Å²) in [5.41, 5.74) is 2.30. The summed E-state index contributed by atoms with van der Waals surface area (Å²) in [6, 6.07) is 15.6. The van der Waals surface area contributed by atoms with E-state index in [9.17, 15) is 9.50 Å². The maximum absolute atomic E-state index is 13.6. The first-order chi connectivity index (χ1) is 10.2. The molecule has 0 bridgehead atoms. The van der Waals surface area contributed by atoms with Crippen LogP contribution in [0.4, 0.5) is 4.39 Å². The summed E-state index contributed by atoms with van der Waals surface area (Å²) >= 11 is 0. The number of hydrogen-bond donors (Lipinski definition) is 2. The van der Waals surface area contributed by atoms with E-state index >= 15 is 0 Å². The molecule has 0 spiro atoms. The van der Waals surface area contributed by atoms with Crippen LogP contribution in [0.5, 0.6) is 5.75 Å². The summed E-state index contributed by atoms with van der Waals surface area (Å²) in [5.74, 6) is -1.02. The van der Waals surface area contributed by atoms with Crippen molar-refractivity contribution in [2.24, 2.45) is 5.16 Å². The Kier molecular flexibility index (Phi) is 3.28. The molecule has 3 nitrogen and oxygen atoms in total. The SMILES string of the molecule is O/N=C\c1ccc(-c2ccc(O)c(F)c2)c2ccccc12. The van der Waals surface area contributed by atoms with E-state index in [-0.39, 0.29) is 5.75 Å². The Morgan fingerprint density at radius 2 is 1.71 bits per heavy atom. The Balaban J connectivity index is 2.28. The van der Waals surface area contributed by atoms with Crippen molar-refractivity contribution in [3.05, 3.63) is 66.0 Å². The Morgan fingerprint density at radius 3 is 2.43 bits per heavy atom. The predicted molar refractivity (Wildman–Crippen MR) is 80.4 cm³/mol. The van der Waals surface area contributed by atoms with E-state index in [1.165, 1.54) is 18.3 Å². The van der Waals surface area contributed by atoms with E-state index in [0.717, 1.165) is 21.9 Å². The van der Waals surface area contributed by atoms with Crippen LogP contribution >= 0.6 is 0 Å². The topological polar surface area (TPSA) is 52.8 Å². The van der Waals surface area contributed by atoms with Crippen LogP contribution in [-0.4, -0.2) is 16.5 Å². The third kappa shape index (κ3) is 2.31. The molecule has 0 aliphatic rings. The quantitative estimate of drug-likeness (QED) is 0.421. The second-order valence-electron chi connectivity index (χ2n) is 4.66. The average Bonchev–Trinajstić information content (AvgIpc) is 2.51. The zero-order chi connectivity index (χ0) is 14.8. The van der Waals surface area contributed by atoms with E-state index in [0.29, 0.717) is 5.56 Å². The van der Waals surface area contributed by atoms with Crippen LogP contribution in [0, 0.1) is 5.82 Å². The van der Waals surface area contributed by atoms with E-state index in [1.807, 2.05) is 36.4 Å². The number of phenolic OH excluding ortho intramolecular Hbond substituents is 1. The molecule has 0 aromatic heterocycles. The van der Waals surface area contributed by atoms with Crippen molar-refractivity contribution in [1.29, 1.82) is 0 Å². The van der Waals surface area contributed by atoms with Crippen LogP contribution in [0.15, 0.2) is 59.8 Å². The van der Waals surface area contributed by atoms with Crippen LogP contribution in [0.25, 0.3) is 21.9 Å². The zero-order valence-corrected chi connectivity index (χ0v) is 11.0. The maximum atomic E-state index is 13.6. The highest BCUT2D eigenvalue weighted by Gasteiger charge is 2.09. The highest BCUT2D eigenvalue weighted by Crippen LogP contribution is 2.32. The monoisotopic (exact) mass is 281 g/mol. The van der Waals surface area contributed by atoms with Crippen LogP contribution in [0.3, 0.4) is 0 Å². The van der Waals surface area contributed by atoms with Crippen molar-refractivity contribution < 1.29 is 14.7 Å². The number of oxime groups is 1. The first-order valence-electron chi connectivity index (χ1n) is 6.39.